The molecule has 7 heteroatoms. The molecule has 0 aromatic rings. The molecule has 0 atom stereocenters. The van der Waals surface area contributed by atoms with Crippen LogP contribution in [0.4, 0.5) is 0 Å². The average Bonchev–Trinajstić information content (AvgIpc) is 2.66. The Morgan fingerprint density at radius 3 is 1.14 bits per heavy atom. The second-order valence-corrected chi connectivity index (χ2v) is 10.2. The van der Waals surface area contributed by atoms with Gasteiger partial charge < -0.3 is 19.9 Å². The highest BCUT2D eigenvalue weighted by Crippen LogP contribution is 2.73. The zero-order valence-corrected chi connectivity index (χ0v) is 18.0. The van der Waals surface area contributed by atoms with Gasteiger partial charge in [0.05, 0.1) is 21.3 Å². The van der Waals surface area contributed by atoms with Gasteiger partial charge in [0.2, 0.25) is 0 Å². The van der Waals surface area contributed by atoms with Crippen LogP contribution >= 0.6 is 0 Å². The number of hydrogen-bond acceptors (Lipinski definition) is 7. The topological polar surface area (TPSA) is 105 Å². The Balaban J connectivity index is 1.87. The maximum absolute atomic E-state index is 11.9. The van der Waals surface area contributed by atoms with Crippen molar-refractivity contribution in [1.29, 1.82) is 0 Å². The van der Waals surface area contributed by atoms with E-state index in [9.17, 15) is 14.4 Å². The van der Waals surface area contributed by atoms with Gasteiger partial charge in [0.1, 0.15) is 0 Å². The largest absolute Gasteiger partial charge is 0.469 e. The maximum atomic E-state index is 11.9. The van der Waals surface area contributed by atoms with Crippen LogP contribution in [0, 0.1) is 16.2 Å². The summed E-state index contributed by atoms with van der Waals surface area (Å²) in [6, 6.07) is 0. The minimum absolute atomic E-state index is 0.0378. The van der Waals surface area contributed by atoms with E-state index in [0.29, 0.717) is 19.3 Å². The molecule has 0 saturated heterocycles. The first kappa shape index (κ1) is 22.1. The van der Waals surface area contributed by atoms with Gasteiger partial charge in [-0.15, -0.1) is 0 Å². The van der Waals surface area contributed by atoms with Crippen LogP contribution in [0.25, 0.3) is 0 Å². The van der Waals surface area contributed by atoms with Crippen LogP contribution in [-0.2, 0) is 28.6 Å². The van der Waals surface area contributed by atoms with Crippen LogP contribution < -0.4 is 5.73 Å². The molecule has 0 aromatic carbocycles. The number of methoxy groups -OCH3 is 3. The Bertz CT molecular complexity index is 578. The molecule has 0 unspecified atom stereocenters. The van der Waals surface area contributed by atoms with E-state index in [1.165, 1.54) is 21.3 Å². The molecule has 0 aromatic heterocycles. The van der Waals surface area contributed by atoms with Crippen LogP contribution in [0.5, 0.6) is 0 Å². The minimum Gasteiger partial charge on any atom is -0.469 e. The first-order chi connectivity index (χ1) is 13.6. The summed E-state index contributed by atoms with van der Waals surface area (Å²) >= 11 is 0. The summed E-state index contributed by atoms with van der Waals surface area (Å²) in [6.45, 7) is 0. The van der Waals surface area contributed by atoms with Crippen molar-refractivity contribution in [3.05, 3.63) is 0 Å². The lowest BCUT2D eigenvalue weighted by Crippen LogP contribution is -2.67. The number of hydrogen-bond donors (Lipinski definition) is 1. The molecule has 4 aliphatic carbocycles. The molecule has 0 heterocycles. The zero-order chi connectivity index (χ0) is 21.3. The van der Waals surface area contributed by atoms with Gasteiger partial charge in [-0.2, -0.15) is 0 Å². The third-order valence-electron chi connectivity index (χ3n) is 7.69. The number of nitrogens with two attached hydrogens (primary N) is 1. The molecule has 29 heavy (non-hydrogen) atoms. The lowest BCUT2D eigenvalue weighted by molar-refractivity contribution is -0.183. The summed E-state index contributed by atoms with van der Waals surface area (Å²) in [7, 11) is 4.26. The predicted molar refractivity (Wildman–Crippen MR) is 106 cm³/mol. The number of rotatable bonds is 9. The van der Waals surface area contributed by atoms with Crippen LogP contribution in [0.3, 0.4) is 0 Å². The second-order valence-electron chi connectivity index (χ2n) is 10.2. The quantitative estimate of drug-likeness (QED) is 0.461. The van der Waals surface area contributed by atoms with Gasteiger partial charge in [-0.05, 0) is 74.0 Å². The normalized spacial score (nSPS) is 37.2. The third-order valence-corrected chi connectivity index (χ3v) is 7.69. The van der Waals surface area contributed by atoms with Crippen molar-refractivity contribution in [2.75, 3.05) is 21.3 Å². The van der Waals surface area contributed by atoms with Crippen LogP contribution in [0.15, 0.2) is 0 Å². The Kier molecular flexibility index (Phi) is 6.01. The summed E-state index contributed by atoms with van der Waals surface area (Å²) in [5.41, 5.74) is 6.52. The number of esters is 3. The summed E-state index contributed by atoms with van der Waals surface area (Å²) in [5, 5.41) is 0. The molecule has 0 spiro atoms. The molecule has 4 saturated carbocycles. The van der Waals surface area contributed by atoms with Crippen molar-refractivity contribution in [2.45, 2.75) is 82.6 Å². The first-order valence-electron chi connectivity index (χ1n) is 10.6. The maximum Gasteiger partial charge on any atom is 0.305 e. The summed E-state index contributed by atoms with van der Waals surface area (Å²) in [6.07, 6.45) is 9.03. The standard InChI is InChI=1S/C22H35NO6/c1-27-16(24)4-7-19-10-20(8-5-17(25)28-2)12-21(11-19,9-6-18(26)29-3)15-22(23,13-19)14-20/h4-15,23H2,1-3H3. The molecule has 4 aliphatic rings. The average molecular weight is 410 g/mol. The fourth-order valence-electron chi connectivity index (χ4n) is 7.58. The summed E-state index contributed by atoms with van der Waals surface area (Å²) < 4.78 is 14.7. The van der Waals surface area contributed by atoms with Crippen molar-refractivity contribution in [3.8, 4) is 0 Å². The number of carbonyl (C=O) groups is 3. The molecular weight excluding hydrogens is 374 g/mol. The van der Waals surface area contributed by atoms with E-state index in [-0.39, 0.29) is 39.7 Å². The predicted octanol–water partition coefficient (Wildman–Crippen LogP) is 2.88. The van der Waals surface area contributed by atoms with E-state index in [1.54, 1.807) is 0 Å². The van der Waals surface area contributed by atoms with Crippen molar-refractivity contribution in [3.63, 3.8) is 0 Å². The third kappa shape index (κ3) is 4.60. The monoisotopic (exact) mass is 409 g/mol. The minimum atomic E-state index is -0.308. The first-order valence-corrected chi connectivity index (χ1v) is 10.6. The van der Waals surface area contributed by atoms with E-state index >= 15 is 0 Å². The van der Waals surface area contributed by atoms with Crippen molar-refractivity contribution < 1.29 is 28.6 Å². The van der Waals surface area contributed by atoms with Crippen molar-refractivity contribution >= 4 is 17.9 Å². The van der Waals surface area contributed by atoms with Gasteiger partial charge in [-0.25, -0.2) is 0 Å². The van der Waals surface area contributed by atoms with E-state index in [4.69, 9.17) is 19.9 Å². The molecule has 164 valence electrons. The number of carbonyl (C=O) groups excluding carboxylic acids is 3. The van der Waals surface area contributed by atoms with Crippen molar-refractivity contribution in [1.82, 2.24) is 0 Å². The van der Waals surface area contributed by atoms with Crippen molar-refractivity contribution in [2.24, 2.45) is 22.0 Å². The molecule has 4 fully saturated rings. The van der Waals surface area contributed by atoms with E-state index < -0.39 is 0 Å². The molecular formula is C22H35NO6. The van der Waals surface area contributed by atoms with Gasteiger partial charge in [0, 0.05) is 24.8 Å². The zero-order valence-electron chi connectivity index (χ0n) is 18.0. The highest BCUT2D eigenvalue weighted by molar-refractivity contribution is 5.70. The van der Waals surface area contributed by atoms with Crippen LogP contribution in [0.1, 0.15) is 77.0 Å². The van der Waals surface area contributed by atoms with Crippen LogP contribution in [-0.4, -0.2) is 44.8 Å². The van der Waals surface area contributed by atoms with E-state index in [1.807, 2.05) is 0 Å². The van der Waals surface area contributed by atoms with E-state index in [2.05, 4.69) is 0 Å². The molecule has 7 nitrogen and oxygen atoms in total. The molecule has 0 amide bonds. The highest BCUT2D eigenvalue weighted by Gasteiger charge is 2.66. The molecule has 2 N–H and O–H groups in total. The van der Waals surface area contributed by atoms with Gasteiger partial charge in [0.15, 0.2) is 0 Å². The molecule has 4 rings (SSSR count). The lowest BCUT2D eigenvalue weighted by Gasteiger charge is -2.70. The Morgan fingerprint density at radius 1 is 0.621 bits per heavy atom. The lowest BCUT2D eigenvalue weighted by atomic mass is 9.36. The highest BCUT2D eigenvalue weighted by atomic mass is 16.5. The van der Waals surface area contributed by atoms with Gasteiger partial charge >= 0.3 is 17.9 Å². The second kappa shape index (κ2) is 7.89. The fraction of sp³-hybridized carbons (Fsp3) is 0.864. The van der Waals surface area contributed by atoms with Gasteiger partial charge in [-0.1, -0.05) is 0 Å². The Morgan fingerprint density at radius 2 is 0.897 bits per heavy atom. The Labute approximate surface area is 173 Å². The van der Waals surface area contributed by atoms with Gasteiger partial charge in [-0.3, -0.25) is 14.4 Å². The summed E-state index contributed by atoms with van der Waals surface area (Å²) in [4.78, 5) is 35.6. The molecule has 0 radical (unpaired) electrons. The molecule has 4 bridgehead atoms. The Hall–Kier alpha value is -1.63. The SMILES string of the molecule is COC(=O)CCC12CC3(N)CC(CCC(=O)OC)(C1)CC(CCC(=O)OC)(C3)C2. The number of ether oxygens (including phenoxy) is 3. The summed E-state index contributed by atoms with van der Waals surface area (Å²) in [5.74, 6) is -0.586. The van der Waals surface area contributed by atoms with Gasteiger partial charge in [0.25, 0.3) is 0 Å². The fourth-order valence-corrected chi connectivity index (χ4v) is 7.58. The van der Waals surface area contributed by atoms with E-state index in [0.717, 1.165) is 57.8 Å². The van der Waals surface area contributed by atoms with Crippen LogP contribution in [0.2, 0.25) is 0 Å². The smallest absolute Gasteiger partial charge is 0.305 e. The molecule has 0 aliphatic heterocycles.